The summed E-state index contributed by atoms with van der Waals surface area (Å²) in [6.07, 6.45) is 1.94. The van der Waals surface area contributed by atoms with Crippen LogP contribution in [0.25, 0.3) is 0 Å². The molecule has 15 heavy (non-hydrogen) atoms. The van der Waals surface area contributed by atoms with Gasteiger partial charge in [0.15, 0.2) is 0 Å². The summed E-state index contributed by atoms with van der Waals surface area (Å²) in [6, 6.07) is 7.60. The molecule has 1 aromatic rings. The number of hydrogen-bond acceptors (Lipinski definition) is 3. The lowest BCUT2D eigenvalue weighted by Crippen LogP contribution is -2.33. The summed E-state index contributed by atoms with van der Waals surface area (Å²) in [5.41, 5.74) is 1.08. The Morgan fingerprint density at radius 2 is 2.00 bits per heavy atom. The van der Waals surface area contributed by atoms with Gasteiger partial charge in [0.25, 0.3) is 0 Å². The highest BCUT2D eigenvalue weighted by Crippen LogP contribution is 2.00. The van der Waals surface area contributed by atoms with Crippen molar-refractivity contribution in [2.45, 2.75) is 19.8 Å². The fourth-order valence-electron chi connectivity index (χ4n) is 1.59. The minimum atomic E-state index is -2.65. The summed E-state index contributed by atoms with van der Waals surface area (Å²) in [4.78, 5) is 18.6. The number of nitrogens with one attached hydrogen (secondary N) is 1. The zero-order chi connectivity index (χ0) is 11.1. The molecular formula is C11H19NO2Si. The Hall–Kier alpha value is -0.683. The third kappa shape index (κ3) is 4.13. The molecule has 0 bridgehead atoms. The molecule has 0 amide bonds. The molecule has 84 valence electrons. The van der Waals surface area contributed by atoms with Gasteiger partial charge in [-0.2, -0.15) is 0 Å². The first-order valence-corrected chi connectivity index (χ1v) is 7.01. The van der Waals surface area contributed by atoms with Crippen molar-refractivity contribution in [1.82, 2.24) is 5.32 Å². The van der Waals surface area contributed by atoms with Gasteiger partial charge >= 0.3 is 9.28 Å². The summed E-state index contributed by atoms with van der Waals surface area (Å²) in [5, 5.41) is 4.01. The van der Waals surface area contributed by atoms with Gasteiger partial charge in [-0.05, 0) is 36.7 Å². The summed E-state index contributed by atoms with van der Waals surface area (Å²) >= 11 is 0. The summed E-state index contributed by atoms with van der Waals surface area (Å²) < 4.78 is 0. The van der Waals surface area contributed by atoms with Crippen molar-refractivity contribution in [3.63, 3.8) is 0 Å². The molecule has 0 saturated carbocycles. The normalized spacial score (nSPS) is 10.9. The molecule has 0 aliphatic carbocycles. The maximum atomic E-state index is 9.29. The van der Waals surface area contributed by atoms with Crippen molar-refractivity contribution >= 4 is 14.5 Å². The second kappa shape index (κ2) is 6.74. The Labute approximate surface area is 92.6 Å². The van der Waals surface area contributed by atoms with Gasteiger partial charge in [0, 0.05) is 0 Å². The first kappa shape index (κ1) is 12.4. The molecule has 0 fully saturated rings. The monoisotopic (exact) mass is 225 g/mol. The second-order valence-corrected chi connectivity index (χ2v) is 4.90. The molecule has 0 aliphatic heterocycles. The van der Waals surface area contributed by atoms with E-state index in [4.69, 9.17) is 0 Å². The maximum Gasteiger partial charge on any atom is 0.350 e. The average Bonchev–Trinajstić information content (AvgIpc) is 2.25. The van der Waals surface area contributed by atoms with Crippen LogP contribution >= 0.6 is 0 Å². The molecule has 3 N–H and O–H groups in total. The van der Waals surface area contributed by atoms with E-state index >= 15 is 0 Å². The van der Waals surface area contributed by atoms with E-state index in [9.17, 15) is 9.59 Å². The van der Waals surface area contributed by atoms with Gasteiger partial charge < -0.3 is 14.9 Å². The van der Waals surface area contributed by atoms with E-state index in [-0.39, 0.29) is 0 Å². The quantitative estimate of drug-likeness (QED) is 0.458. The van der Waals surface area contributed by atoms with E-state index in [0.29, 0.717) is 0 Å². The van der Waals surface area contributed by atoms with Crippen LogP contribution in [-0.2, 0) is 6.42 Å². The Balaban J connectivity index is 2.52. The zero-order valence-corrected chi connectivity index (χ0v) is 10.3. The third-order valence-electron chi connectivity index (χ3n) is 2.38. The standard InChI is InChI=1S/C11H19NO2Si/c1-2-12-9-5-7-10-6-3-4-8-11(10)15(13)14/h3-4,6,8,12-15H,2,5,7,9H2,1H3. The van der Waals surface area contributed by atoms with Crippen molar-refractivity contribution in [2.24, 2.45) is 0 Å². The van der Waals surface area contributed by atoms with Gasteiger partial charge in [-0.15, -0.1) is 0 Å². The number of benzene rings is 1. The third-order valence-corrected chi connectivity index (χ3v) is 3.50. The van der Waals surface area contributed by atoms with E-state index in [2.05, 4.69) is 12.2 Å². The van der Waals surface area contributed by atoms with Crippen molar-refractivity contribution in [3.8, 4) is 0 Å². The van der Waals surface area contributed by atoms with E-state index in [1.807, 2.05) is 24.3 Å². The SMILES string of the molecule is CCNCCCc1ccccc1[SiH](O)O. The highest BCUT2D eigenvalue weighted by atomic mass is 28.3. The smallest absolute Gasteiger partial charge is 0.350 e. The van der Waals surface area contributed by atoms with Crippen LogP contribution in [0, 0.1) is 0 Å². The molecule has 1 rings (SSSR count). The van der Waals surface area contributed by atoms with Crippen molar-refractivity contribution in [2.75, 3.05) is 13.1 Å². The van der Waals surface area contributed by atoms with Gasteiger partial charge in [-0.3, -0.25) is 0 Å². The summed E-state index contributed by atoms with van der Waals surface area (Å²) in [6.45, 7) is 4.05. The highest BCUT2D eigenvalue weighted by Gasteiger charge is 2.10. The lowest BCUT2D eigenvalue weighted by molar-refractivity contribution is 0.425. The van der Waals surface area contributed by atoms with Crippen LogP contribution in [-0.4, -0.2) is 32.0 Å². The number of aryl methyl sites for hydroxylation is 1. The molecule has 4 heteroatoms. The van der Waals surface area contributed by atoms with E-state index < -0.39 is 9.28 Å². The molecule has 0 atom stereocenters. The second-order valence-electron chi connectivity index (χ2n) is 3.53. The molecule has 0 spiro atoms. The Morgan fingerprint density at radius 1 is 1.27 bits per heavy atom. The van der Waals surface area contributed by atoms with Crippen LogP contribution in [0.1, 0.15) is 18.9 Å². The Bertz CT molecular complexity index is 292. The zero-order valence-electron chi connectivity index (χ0n) is 9.11. The maximum absolute atomic E-state index is 9.29. The molecular weight excluding hydrogens is 206 g/mol. The van der Waals surface area contributed by atoms with Crippen molar-refractivity contribution in [3.05, 3.63) is 29.8 Å². The predicted molar refractivity (Wildman–Crippen MR) is 64.5 cm³/mol. The summed E-state index contributed by atoms with van der Waals surface area (Å²) in [5.74, 6) is 0. The van der Waals surface area contributed by atoms with Crippen LogP contribution in [0.4, 0.5) is 0 Å². The van der Waals surface area contributed by atoms with E-state index in [1.54, 1.807) is 0 Å². The van der Waals surface area contributed by atoms with E-state index in [1.165, 1.54) is 0 Å². The molecule has 3 nitrogen and oxygen atoms in total. The first-order valence-electron chi connectivity index (χ1n) is 5.40. The Kier molecular flexibility index (Phi) is 5.56. The number of hydrogen-bond donors (Lipinski definition) is 3. The predicted octanol–water partition coefficient (Wildman–Crippen LogP) is -0.359. The largest absolute Gasteiger partial charge is 0.410 e. The lowest BCUT2D eigenvalue weighted by Gasteiger charge is -2.09. The van der Waals surface area contributed by atoms with Gasteiger partial charge in [-0.25, -0.2) is 0 Å². The highest BCUT2D eigenvalue weighted by molar-refractivity contribution is 6.59. The fourth-order valence-corrected chi connectivity index (χ4v) is 2.45. The minimum Gasteiger partial charge on any atom is -0.410 e. The van der Waals surface area contributed by atoms with Gasteiger partial charge in [0.05, 0.1) is 0 Å². The van der Waals surface area contributed by atoms with Gasteiger partial charge in [-0.1, -0.05) is 31.2 Å². The molecule has 0 aromatic heterocycles. The molecule has 0 radical (unpaired) electrons. The van der Waals surface area contributed by atoms with Crippen LogP contribution in [0.2, 0.25) is 0 Å². The molecule has 0 heterocycles. The van der Waals surface area contributed by atoms with E-state index in [0.717, 1.165) is 36.7 Å². The topological polar surface area (TPSA) is 52.5 Å². The molecule has 1 aromatic carbocycles. The average molecular weight is 225 g/mol. The molecule has 0 unspecified atom stereocenters. The molecule has 0 saturated heterocycles. The van der Waals surface area contributed by atoms with Gasteiger partial charge in [0.1, 0.15) is 0 Å². The van der Waals surface area contributed by atoms with Gasteiger partial charge in [0.2, 0.25) is 0 Å². The van der Waals surface area contributed by atoms with Crippen molar-refractivity contribution < 1.29 is 9.59 Å². The van der Waals surface area contributed by atoms with Crippen molar-refractivity contribution in [1.29, 1.82) is 0 Å². The molecule has 0 aliphatic rings. The number of rotatable bonds is 6. The van der Waals surface area contributed by atoms with Crippen LogP contribution in [0.15, 0.2) is 24.3 Å². The van der Waals surface area contributed by atoms with Crippen LogP contribution in [0.3, 0.4) is 0 Å². The minimum absolute atomic E-state index is 0.758. The lowest BCUT2D eigenvalue weighted by atomic mass is 10.1. The first-order chi connectivity index (χ1) is 7.25. The fraction of sp³-hybridized carbons (Fsp3) is 0.455. The van der Waals surface area contributed by atoms with Crippen LogP contribution < -0.4 is 10.5 Å². The van der Waals surface area contributed by atoms with Crippen LogP contribution in [0.5, 0.6) is 0 Å². The summed E-state index contributed by atoms with van der Waals surface area (Å²) in [7, 11) is -2.65. The Morgan fingerprint density at radius 3 is 2.67 bits per heavy atom.